The SMILES string of the molecule is Cc1ccc(C)c(C(Cl)c2csc(Br)c2)c1. The van der Waals surface area contributed by atoms with Crippen molar-refractivity contribution in [3.05, 3.63) is 55.7 Å². The van der Waals surface area contributed by atoms with Crippen LogP contribution in [0.15, 0.2) is 33.4 Å². The summed E-state index contributed by atoms with van der Waals surface area (Å²) in [4.78, 5) is 0. The maximum atomic E-state index is 6.51. The molecule has 0 bridgehead atoms. The summed E-state index contributed by atoms with van der Waals surface area (Å²) in [5, 5.41) is 2.05. The van der Waals surface area contributed by atoms with Crippen LogP contribution in [0.3, 0.4) is 0 Å². The van der Waals surface area contributed by atoms with E-state index in [1.54, 1.807) is 11.3 Å². The van der Waals surface area contributed by atoms with E-state index in [4.69, 9.17) is 11.6 Å². The van der Waals surface area contributed by atoms with Gasteiger partial charge in [0.15, 0.2) is 0 Å². The predicted octanol–water partition coefficient (Wildman–Crippen LogP) is 5.46. The van der Waals surface area contributed by atoms with E-state index in [1.165, 1.54) is 16.7 Å². The largest absolute Gasteiger partial charge is 0.136 e. The topological polar surface area (TPSA) is 0 Å². The second-order valence-electron chi connectivity index (χ2n) is 3.91. The van der Waals surface area contributed by atoms with Gasteiger partial charge in [-0.1, -0.05) is 23.8 Å². The quantitative estimate of drug-likeness (QED) is 0.646. The smallest absolute Gasteiger partial charge is 0.0846 e. The fraction of sp³-hybridized carbons (Fsp3) is 0.231. The molecule has 0 spiro atoms. The van der Waals surface area contributed by atoms with Crippen molar-refractivity contribution in [2.24, 2.45) is 0 Å². The van der Waals surface area contributed by atoms with E-state index in [0.29, 0.717) is 0 Å². The standard InChI is InChI=1S/C13H12BrClS/c1-8-3-4-9(2)11(5-8)13(15)10-6-12(14)16-7-10/h3-7,13H,1-2H3. The maximum Gasteiger partial charge on any atom is 0.0846 e. The molecule has 0 saturated heterocycles. The Morgan fingerprint density at radius 2 is 2.00 bits per heavy atom. The van der Waals surface area contributed by atoms with Crippen molar-refractivity contribution in [2.45, 2.75) is 19.2 Å². The molecule has 1 heterocycles. The molecule has 84 valence electrons. The van der Waals surface area contributed by atoms with Gasteiger partial charge >= 0.3 is 0 Å². The van der Waals surface area contributed by atoms with Crippen LogP contribution in [0.25, 0.3) is 0 Å². The summed E-state index contributed by atoms with van der Waals surface area (Å²) in [6.45, 7) is 4.20. The summed E-state index contributed by atoms with van der Waals surface area (Å²) in [5.74, 6) is 0. The molecule has 3 heteroatoms. The molecule has 2 rings (SSSR count). The number of hydrogen-bond acceptors (Lipinski definition) is 1. The van der Waals surface area contributed by atoms with E-state index in [2.05, 4.69) is 59.4 Å². The molecule has 1 aromatic heterocycles. The van der Waals surface area contributed by atoms with Gasteiger partial charge in [-0.05, 0) is 57.9 Å². The van der Waals surface area contributed by atoms with Crippen LogP contribution in [0.1, 0.15) is 27.6 Å². The van der Waals surface area contributed by atoms with Gasteiger partial charge in [0.05, 0.1) is 9.16 Å². The Hall–Kier alpha value is -0.310. The third-order valence-electron chi connectivity index (χ3n) is 2.59. The molecule has 1 unspecified atom stereocenters. The molecule has 0 nitrogen and oxygen atoms in total. The zero-order valence-corrected chi connectivity index (χ0v) is 12.3. The van der Waals surface area contributed by atoms with Crippen molar-refractivity contribution in [3.63, 3.8) is 0 Å². The van der Waals surface area contributed by atoms with E-state index >= 15 is 0 Å². The number of halogens is 2. The van der Waals surface area contributed by atoms with Crippen LogP contribution in [-0.4, -0.2) is 0 Å². The Morgan fingerprint density at radius 3 is 2.62 bits per heavy atom. The van der Waals surface area contributed by atoms with E-state index < -0.39 is 0 Å². The molecule has 0 amide bonds. The maximum absolute atomic E-state index is 6.51. The molecule has 0 saturated carbocycles. The molecule has 0 N–H and O–H groups in total. The predicted molar refractivity (Wildman–Crippen MR) is 75.6 cm³/mol. The normalized spacial score (nSPS) is 12.8. The van der Waals surface area contributed by atoms with Crippen LogP contribution >= 0.6 is 38.9 Å². The average molecular weight is 316 g/mol. The van der Waals surface area contributed by atoms with Gasteiger partial charge in [0.25, 0.3) is 0 Å². The first-order chi connectivity index (χ1) is 7.58. The number of aryl methyl sites for hydroxylation is 2. The summed E-state index contributed by atoms with van der Waals surface area (Å²) in [7, 11) is 0. The van der Waals surface area contributed by atoms with Crippen LogP contribution in [0, 0.1) is 13.8 Å². The summed E-state index contributed by atoms with van der Waals surface area (Å²) < 4.78 is 1.12. The molecule has 0 aliphatic rings. The minimum atomic E-state index is -0.0533. The summed E-state index contributed by atoms with van der Waals surface area (Å²) in [6, 6.07) is 8.50. The number of rotatable bonds is 2. The Balaban J connectivity index is 2.40. The number of benzene rings is 1. The highest BCUT2D eigenvalue weighted by Crippen LogP contribution is 2.35. The van der Waals surface area contributed by atoms with Crippen LogP contribution in [0.2, 0.25) is 0 Å². The van der Waals surface area contributed by atoms with Crippen molar-refractivity contribution in [3.8, 4) is 0 Å². The van der Waals surface area contributed by atoms with Gasteiger partial charge in [-0.15, -0.1) is 22.9 Å². The lowest BCUT2D eigenvalue weighted by Gasteiger charge is -2.12. The summed E-state index contributed by atoms with van der Waals surface area (Å²) in [6.07, 6.45) is 0. The van der Waals surface area contributed by atoms with Crippen LogP contribution in [-0.2, 0) is 0 Å². The van der Waals surface area contributed by atoms with Crippen molar-refractivity contribution in [2.75, 3.05) is 0 Å². The van der Waals surface area contributed by atoms with Gasteiger partial charge in [0.2, 0.25) is 0 Å². The van der Waals surface area contributed by atoms with Gasteiger partial charge in [0, 0.05) is 0 Å². The number of alkyl halides is 1. The van der Waals surface area contributed by atoms with E-state index in [1.807, 2.05) is 0 Å². The molecule has 0 aliphatic heterocycles. The van der Waals surface area contributed by atoms with Gasteiger partial charge in [0.1, 0.15) is 0 Å². The minimum absolute atomic E-state index is 0.0533. The highest BCUT2D eigenvalue weighted by Gasteiger charge is 2.14. The van der Waals surface area contributed by atoms with E-state index in [0.717, 1.165) is 9.35 Å². The number of thiophene rings is 1. The van der Waals surface area contributed by atoms with Crippen molar-refractivity contribution in [1.29, 1.82) is 0 Å². The third-order valence-corrected chi connectivity index (χ3v) is 4.60. The molecular formula is C13H12BrClS. The zero-order chi connectivity index (χ0) is 11.7. The average Bonchev–Trinajstić information content (AvgIpc) is 2.67. The molecule has 0 fully saturated rings. The van der Waals surface area contributed by atoms with Crippen LogP contribution in [0.4, 0.5) is 0 Å². The van der Waals surface area contributed by atoms with E-state index in [-0.39, 0.29) is 5.38 Å². The molecule has 0 radical (unpaired) electrons. The zero-order valence-electron chi connectivity index (χ0n) is 9.13. The fourth-order valence-electron chi connectivity index (χ4n) is 1.67. The first kappa shape index (κ1) is 12.2. The Bertz CT molecular complexity index is 504. The van der Waals surface area contributed by atoms with Crippen LogP contribution in [0.5, 0.6) is 0 Å². The van der Waals surface area contributed by atoms with Gasteiger partial charge in [-0.2, -0.15) is 0 Å². The van der Waals surface area contributed by atoms with E-state index in [9.17, 15) is 0 Å². The van der Waals surface area contributed by atoms with Gasteiger partial charge in [-0.3, -0.25) is 0 Å². The van der Waals surface area contributed by atoms with Gasteiger partial charge < -0.3 is 0 Å². The Kier molecular flexibility index (Phi) is 3.73. The second kappa shape index (κ2) is 4.91. The summed E-state index contributed by atoms with van der Waals surface area (Å²) >= 11 is 11.6. The molecule has 2 aromatic rings. The minimum Gasteiger partial charge on any atom is -0.136 e. The lowest BCUT2D eigenvalue weighted by molar-refractivity contribution is 1.11. The second-order valence-corrected chi connectivity index (χ2v) is 6.63. The molecule has 1 aromatic carbocycles. The highest BCUT2D eigenvalue weighted by molar-refractivity contribution is 9.11. The Labute approximate surface area is 113 Å². The summed E-state index contributed by atoms with van der Waals surface area (Å²) in [5.41, 5.74) is 4.85. The van der Waals surface area contributed by atoms with Crippen LogP contribution < -0.4 is 0 Å². The molecular weight excluding hydrogens is 304 g/mol. The van der Waals surface area contributed by atoms with Crippen molar-refractivity contribution < 1.29 is 0 Å². The Morgan fingerprint density at radius 1 is 1.25 bits per heavy atom. The van der Waals surface area contributed by atoms with Gasteiger partial charge in [-0.25, -0.2) is 0 Å². The molecule has 1 atom stereocenters. The highest BCUT2D eigenvalue weighted by atomic mass is 79.9. The van der Waals surface area contributed by atoms with Crippen molar-refractivity contribution >= 4 is 38.9 Å². The molecule has 16 heavy (non-hydrogen) atoms. The third kappa shape index (κ3) is 2.50. The first-order valence-electron chi connectivity index (χ1n) is 5.03. The lowest BCUT2D eigenvalue weighted by atomic mass is 10.00. The lowest BCUT2D eigenvalue weighted by Crippen LogP contribution is -1.95. The number of hydrogen-bond donors (Lipinski definition) is 0. The molecule has 0 aliphatic carbocycles. The first-order valence-corrected chi connectivity index (χ1v) is 7.14. The fourth-order valence-corrected chi connectivity index (χ4v) is 3.31. The van der Waals surface area contributed by atoms with Crippen molar-refractivity contribution in [1.82, 2.24) is 0 Å². The monoisotopic (exact) mass is 314 g/mol.